The second-order valence-corrected chi connectivity index (χ2v) is 4.08. The summed E-state index contributed by atoms with van der Waals surface area (Å²) in [4.78, 5) is 11.1. The Bertz CT molecular complexity index is 417. The van der Waals surface area contributed by atoms with Gasteiger partial charge in [0.2, 0.25) is 0 Å². The summed E-state index contributed by atoms with van der Waals surface area (Å²) in [5, 5.41) is 9.12. The summed E-state index contributed by atoms with van der Waals surface area (Å²) < 4.78 is 5.68. The Hall–Kier alpha value is -1.71. The fourth-order valence-electron chi connectivity index (χ4n) is 2.08. The molecule has 1 aromatic carbocycles. The molecule has 1 heterocycles. The van der Waals surface area contributed by atoms with Crippen molar-refractivity contribution < 1.29 is 14.6 Å². The van der Waals surface area contributed by atoms with E-state index in [0.29, 0.717) is 18.5 Å². The summed E-state index contributed by atoms with van der Waals surface area (Å²) in [6, 6.07) is 5.37. The van der Waals surface area contributed by atoms with Gasteiger partial charge in [0.15, 0.2) is 0 Å². The average molecular weight is 221 g/mol. The molecule has 0 bridgehead atoms. The van der Waals surface area contributed by atoms with E-state index in [9.17, 15) is 4.79 Å². The zero-order valence-electron chi connectivity index (χ0n) is 9.14. The van der Waals surface area contributed by atoms with Gasteiger partial charge >= 0.3 is 5.97 Å². The second kappa shape index (κ2) is 4.04. The van der Waals surface area contributed by atoms with E-state index in [-0.39, 0.29) is 6.10 Å². The van der Waals surface area contributed by atoms with Gasteiger partial charge in [-0.25, -0.2) is 0 Å². The molecule has 3 N–H and O–H groups in total. The molecular weight excluding hydrogens is 206 g/mol. The van der Waals surface area contributed by atoms with Gasteiger partial charge in [0.1, 0.15) is 11.9 Å². The van der Waals surface area contributed by atoms with Crippen molar-refractivity contribution >= 4 is 11.7 Å². The molecule has 86 valence electrons. The van der Waals surface area contributed by atoms with Crippen molar-refractivity contribution in [2.75, 3.05) is 5.73 Å². The number of aliphatic carboxylic acids is 1. The molecule has 4 nitrogen and oxygen atoms in total. The Morgan fingerprint density at radius 2 is 2.38 bits per heavy atom. The van der Waals surface area contributed by atoms with Crippen LogP contribution in [0.15, 0.2) is 18.2 Å². The van der Waals surface area contributed by atoms with Gasteiger partial charge in [-0.1, -0.05) is 13.0 Å². The van der Waals surface area contributed by atoms with Crippen molar-refractivity contribution in [2.24, 2.45) is 5.92 Å². The lowest BCUT2D eigenvalue weighted by Gasteiger charge is -2.30. The van der Waals surface area contributed by atoms with Crippen LogP contribution >= 0.6 is 0 Å². The first kappa shape index (κ1) is 10.8. The van der Waals surface area contributed by atoms with E-state index in [2.05, 4.69) is 0 Å². The minimum absolute atomic E-state index is 0.258. The van der Waals surface area contributed by atoms with Crippen LogP contribution in [-0.4, -0.2) is 17.2 Å². The number of hydrogen-bond donors (Lipinski definition) is 2. The Balaban J connectivity index is 2.33. The number of fused-ring (bicyclic) bond motifs is 1. The smallest absolute Gasteiger partial charge is 0.310 e. The highest BCUT2D eigenvalue weighted by Gasteiger charge is 2.33. The van der Waals surface area contributed by atoms with Crippen molar-refractivity contribution in [3.8, 4) is 5.75 Å². The lowest BCUT2D eigenvalue weighted by molar-refractivity contribution is -0.145. The molecule has 4 heteroatoms. The van der Waals surface area contributed by atoms with E-state index in [1.54, 1.807) is 12.1 Å². The molecular formula is C12H15NO3. The van der Waals surface area contributed by atoms with E-state index in [0.717, 1.165) is 11.3 Å². The van der Waals surface area contributed by atoms with Crippen LogP contribution in [0.4, 0.5) is 5.69 Å². The second-order valence-electron chi connectivity index (χ2n) is 4.08. The summed E-state index contributed by atoms with van der Waals surface area (Å²) in [6.45, 7) is 1.93. The zero-order valence-corrected chi connectivity index (χ0v) is 9.14. The van der Waals surface area contributed by atoms with Crippen LogP contribution in [0.3, 0.4) is 0 Å². The lowest BCUT2D eigenvalue weighted by atomic mass is 9.89. The molecule has 2 rings (SSSR count). The number of hydrogen-bond acceptors (Lipinski definition) is 3. The highest BCUT2D eigenvalue weighted by Crippen LogP contribution is 2.33. The van der Waals surface area contributed by atoms with E-state index in [1.165, 1.54) is 0 Å². The molecule has 2 unspecified atom stereocenters. The van der Waals surface area contributed by atoms with Gasteiger partial charge in [-0.2, -0.15) is 0 Å². The molecule has 0 amide bonds. The fraction of sp³-hybridized carbons (Fsp3) is 0.417. The van der Waals surface area contributed by atoms with Crippen LogP contribution in [0.5, 0.6) is 5.75 Å². The molecule has 2 atom stereocenters. The van der Waals surface area contributed by atoms with E-state index >= 15 is 0 Å². The van der Waals surface area contributed by atoms with Gasteiger partial charge < -0.3 is 15.6 Å². The SMILES string of the molecule is CCC1Oc2cc(N)ccc2CC1C(=O)O. The average Bonchev–Trinajstić information content (AvgIpc) is 2.26. The number of carbonyl (C=O) groups is 1. The van der Waals surface area contributed by atoms with Gasteiger partial charge in [-0.3, -0.25) is 4.79 Å². The molecule has 0 radical (unpaired) electrons. The van der Waals surface area contributed by atoms with Gasteiger partial charge in [0.25, 0.3) is 0 Å². The number of benzene rings is 1. The van der Waals surface area contributed by atoms with Crippen LogP contribution < -0.4 is 10.5 Å². The highest BCUT2D eigenvalue weighted by molar-refractivity contribution is 5.72. The number of ether oxygens (including phenoxy) is 1. The number of carboxylic acid groups (broad SMARTS) is 1. The summed E-state index contributed by atoms with van der Waals surface area (Å²) >= 11 is 0. The topological polar surface area (TPSA) is 72.5 Å². The third-order valence-corrected chi connectivity index (χ3v) is 2.98. The predicted molar refractivity (Wildman–Crippen MR) is 60.4 cm³/mol. The van der Waals surface area contributed by atoms with Crippen molar-refractivity contribution in [3.63, 3.8) is 0 Å². The lowest BCUT2D eigenvalue weighted by Crippen LogP contribution is -2.37. The van der Waals surface area contributed by atoms with Crippen molar-refractivity contribution in [1.29, 1.82) is 0 Å². The standard InChI is InChI=1S/C12H15NO3/c1-2-10-9(12(14)15)5-7-3-4-8(13)6-11(7)16-10/h3-4,6,9-10H,2,5,13H2,1H3,(H,14,15). The summed E-state index contributed by atoms with van der Waals surface area (Å²) in [7, 11) is 0. The molecule has 0 aromatic heterocycles. The molecule has 16 heavy (non-hydrogen) atoms. The number of nitrogens with two attached hydrogens (primary N) is 1. The zero-order chi connectivity index (χ0) is 11.7. The molecule has 1 aliphatic rings. The Kier molecular flexibility index (Phi) is 2.73. The number of anilines is 1. The molecule has 1 aliphatic heterocycles. The van der Waals surface area contributed by atoms with Crippen LogP contribution in [0.25, 0.3) is 0 Å². The summed E-state index contributed by atoms with van der Waals surface area (Å²) in [5.41, 5.74) is 7.23. The quantitative estimate of drug-likeness (QED) is 0.745. The van der Waals surface area contributed by atoms with Gasteiger partial charge in [-0.15, -0.1) is 0 Å². The van der Waals surface area contributed by atoms with Gasteiger partial charge in [0, 0.05) is 11.8 Å². The number of carboxylic acids is 1. The third-order valence-electron chi connectivity index (χ3n) is 2.98. The molecule has 0 fully saturated rings. The summed E-state index contributed by atoms with van der Waals surface area (Å²) in [5.74, 6) is -0.528. The van der Waals surface area contributed by atoms with Crippen LogP contribution in [0.2, 0.25) is 0 Å². The Morgan fingerprint density at radius 1 is 1.62 bits per heavy atom. The van der Waals surface area contributed by atoms with E-state index in [4.69, 9.17) is 15.6 Å². The minimum Gasteiger partial charge on any atom is -0.489 e. The Labute approximate surface area is 94.0 Å². The normalized spacial score (nSPS) is 23.3. The first-order chi connectivity index (χ1) is 7.61. The van der Waals surface area contributed by atoms with Crippen LogP contribution in [-0.2, 0) is 11.2 Å². The first-order valence-electron chi connectivity index (χ1n) is 5.39. The maximum atomic E-state index is 11.1. The van der Waals surface area contributed by atoms with Crippen molar-refractivity contribution in [1.82, 2.24) is 0 Å². The number of nitrogen functional groups attached to an aromatic ring is 1. The van der Waals surface area contributed by atoms with Gasteiger partial charge in [0.05, 0.1) is 5.92 Å². The van der Waals surface area contributed by atoms with Gasteiger partial charge in [-0.05, 0) is 24.5 Å². The largest absolute Gasteiger partial charge is 0.489 e. The molecule has 0 spiro atoms. The van der Waals surface area contributed by atoms with E-state index < -0.39 is 11.9 Å². The minimum atomic E-state index is -0.797. The highest BCUT2D eigenvalue weighted by atomic mass is 16.5. The van der Waals surface area contributed by atoms with Crippen molar-refractivity contribution in [2.45, 2.75) is 25.9 Å². The van der Waals surface area contributed by atoms with E-state index in [1.807, 2.05) is 13.0 Å². The number of rotatable bonds is 2. The monoisotopic (exact) mass is 221 g/mol. The summed E-state index contributed by atoms with van der Waals surface area (Å²) in [6.07, 6.45) is 0.945. The molecule has 0 saturated heterocycles. The maximum absolute atomic E-state index is 11.1. The molecule has 0 saturated carbocycles. The van der Waals surface area contributed by atoms with Crippen molar-refractivity contribution in [3.05, 3.63) is 23.8 Å². The third kappa shape index (κ3) is 1.83. The van der Waals surface area contributed by atoms with Crippen LogP contribution in [0, 0.1) is 5.92 Å². The van der Waals surface area contributed by atoms with Crippen LogP contribution in [0.1, 0.15) is 18.9 Å². The maximum Gasteiger partial charge on any atom is 0.310 e. The Morgan fingerprint density at radius 3 is 3.00 bits per heavy atom. The first-order valence-corrected chi connectivity index (χ1v) is 5.39. The predicted octanol–water partition coefficient (Wildman–Crippen LogP) is 1.68. The fourth-order valence-corrected chi connectivity index (χ4v) is 2.08. The molecule has 0 aliphatic carbocycles. The molecule has 1 aromatic rings.